The Balaban J connectivity index is 2.13. The molecule has 4 nitrogen and oxygen atoms in total. The summed E-state index contributed by atoms with van der Waals surface area (Å²) in [5.74, 6) is 0.720. The molecule has 0 saturated heterocycles. The Labute approximate surface area is 105 Å². The Bertz CT molecular complexity index is 513. The number of aliphatic imine (C=N–C) groups is 1. The zero-order valence-corrected chi connectivity index (χ0v) is 11.3. The van der Waals surface area contributed by atoms with Gasteiger partial charge in [0.05, 0.1) is 5.69 Å². The molecule has 3 rings (SSSR count). The average molecular weight is 250 g/mol. The van der Waals surface area contributed by atoms with Crippen LogP contribution in [0.15, 0.2) is 4.99 Å². The van der Waals surface area contributed by atoms with Crippen molar-refractivity contribution in [1.82, 2.24) is 4.98 Å². The molecule has 4 N–H and O–H groups in total. The summed E-state index contributed by atoms with van der Waals surface area (Å²) >= 11 is 1.66. The second kappa shape index (κ2) is 3.02. The van der Waals surface area contributed by atoms with Crippen molar-refractivity contribution in [2.45, 2.75) is 44.9 Å². The van der Waals surface area contributed by atoms with E-state index in [0.717, 1.165) is 0 Å². The number of aromatic nitrogens is 1. The van der Waals surface area contributed by atoms with Gasteiger partial charge in [0, 0.05) is 16.2 Å². The number of nitrogens with zero attached hydrogens (tertiary/aromatic N) is 2. The van der Waals surface area contributed by atoms with Crippen molar-refractivity contribution >= 4 is 22.4 Å². The molecule has 1 aromatic heterocycles. The van der Waals surface area contributed by atoms with Gasteiger partial charge in [0.1, 0.15) is 0 Å². The van der Waals surface area contributed by atoms with Gasteiger partial charge in [0.15, 0.2) is 5.96 Å². The van der Waals surface area contributed by atoms with Crippen LogP contribution in [0.2, 0.25) is 0 Å². The molecule has 2 aliphatic carbocycles. The van der Waals surface area contributed by atoms with Crippen LogP contribution in [-0.4, -0.2) is 10.9 Å². The number of hydrogen-bond donors (Lipinski definition) is 2. The van der Waals surface area contributed by atoms with Crippen molar-refractivity contribution in [3.63, 3.8) is 0 Å². The Morgan fingerprint density at radius 2 is 2.12 bits per heavy atom. The second-order valence-electron chi connectivity index (χ2n) is 5.89. The van der Waals surface area contributed by atoms with Gasteiger partial charge in [-0.05, 0) is 18.3 Å². The zero-order valence-electron chi connectivity index (χ0n) is 10.4. The quantitative estimate of drug-likeness (QED) is 0.592. The van der Waals surface area contributed by atoms with Crippen LogP contribution >= 0.6 is 11.3 Å². The zero-order chi connectivity index (χ0) is 12.4. The van der Waals surface area contributed by atoms with Gasteiger partial charge in [0.25, 0.3) is 0 Å². The molecule has 2 atom stereocenters. The SMILES string of the molecule is CC1(C)[C@@H]2CC[C@@]1(C)c1nc(N=C(N)N)sc12. The van der Waals surface area contributed by atoms with Gasteiger partial charge in [-0.2, -0.15) is 4.99 Å². The van der Waals surface area contributed by atoms with E-state index in [2.05, 4.69) is 30.7 Å². The minimum Gasteiger partial charge on any atom is -0.370 e. The maximum absolute atomic E-state index is 5.41. The molecule has 0 radical (unpaired) electrons. The maximum atomic E-state index is 5.41. The molecule has 0 aliphatic heterocycles. The van der Waals surface area contributed by atoms with Crippen molar-refractivity contribution in [2.75, 3.05) is 0 Å². The molecule has 2 bridgehead atoms. The first kappa shape index (κ1) is 11.0. The van der Waals surface area contributed by atoms with Gasteiger partial charge in [-0.15, -0.1) is 0 Å². The van der Waals surface area contributed by atoms with Crippen LogP contribution in [0.4, 0.5) is 5.13 Å². The summed E-state index contributed by atoms with van der Waals surface area (Å²) in [6, 6.07) is 0. The molecule has 92 valence electrons. The second-order valence-corrected chi connectivity index (χ2v) is 6.90. The van der Waals surface area contributed by atoms with E-state index in [-0.39, 0.29) is 11.4 Å². The summed E-state index contributed by atoms with van der Waals surface area (Å²) < 4.78 is 0. The Hall–Kier alpha value is -1.10. The molecule has 1 aromatic rings. The third-order valence-electron chi connectivity index (χ3n) is 4.93. The van der Waals surface area contributed by atoms with Crippen LogP contribution in [-0.2, 0) is 5.41 Å². The van der Waals surface area contributed by atoms with Gasteiger partial charge < -0.3 is 11.5 Å². The highest BCUT2D eigenvalue weighted by Crippen LogP contribution is 2.68. The highest BCUT2D eigenvalue weighted by Gasteiger charge is 2.61. The normalized spacial score (nSPS) is 32.5. The third-order valence-corrected chi connectivity index (χ3v) is 6.00. The monoisotopic (exact) mass is 250 g/mol. The first-order valence-corrected chi connectivity index (χ1v) is 6.79. The van der Waals surface area contributed by atoms with Crippen LogP contribution in [0.1, 0.15) is 50.1 Å². The van der Waals surface area contributed by atoms with Crippen molar-refractivity contribution in [1.29, 1.82) is 0 Å². The topological polar surface area (TPSA) is 77.3 Å². The fourth-order valence-electron chi connectivity index (χ4n) is 3.49. The van der Waals surface area contributed by atoms with E-state index in [0.29, 0.717) is 16.5 Å². The van der Waals surface area contributed by atoms with E-state index in [9.17, 15) is 0 Å². The molecule has 0 amide bonds. The Morgan fingerprint density at radius 1 is 1.41 bits per heavy atom. The van der Waals surface area contributed by atoms with E-state index in [4.69, 9.17) is 11.5 Å². The van der Waals surface area contributed by atoms with Crippen LogP contribution in [0.3, 0.4) is 0 Å². The Kier molecular flexibility index (Phi) is 1.95. The van der Waals surface area contributed by atoms with E-state index >= 15 is 0 Å². The van der Waals surface area contributed by atoms with E-state index < -0.39 is 0 Å². The first-order valence-electron chi connectivity index (χ1n) is 5.97. The van der Waals surface area contributed by atoms with Gasteiger partial charge in [0.2, 0.25) is 5.13 Å². The minimum atomic E-state index is 0.0918. The lowest BCUT2D eigenvalue weighted by Crippen LogP contribution is -2.31. The van der Waals surface area contributed by atoms with E-state index in [1.807, 2.05) is 0 Å². The van der Waals surface area contributed by atoms with Gasteiger partial charge >= 0.3 is 0 Å². The van der Waals surface area contributed by atoms with Gasteiger partial charge in [-0.1, -0.05) is 32.1 Å². The van der Waals surface area contributed by atoms with Gasteiger partial charge in [-0.25, -0.2) is 4.98 Å². The number of guanidine groups is 1. The largest absolute Gasteiger partial charge is 0.370 e. The molecule has 1 saturated carbocycles. The summed E-state index contributed by atoms with van der Waals surface area (Å²) in [5.41, 5.74) is 12.6. The Morgan fingerprint density at radius 3 is 2.71 bits per heavy atom. The van der Waals surface area contributed by atoms with Crippen molar-refractivity contribution in [3.8, 4) is 0 Å². The molecule has 1 heterocycles. The lowest BCUT2D eigenvalue weighted by Gasteiger charge is -2.34. The average Bonchev–Trinajstić information content (AvgIpc) is 2.73. The number of nitrogens with two attached hydrogens (primary N) is 2. The molecule has 17 heavy (non-hydrogen) atoms. The summed E-state index contributed by atoms with van der Waals surface area (Å²) in [6.45, 7) is 7.05. The van der Waals surface area contributed by atoms with Crippen molar-refractivity contribution in [3.05, 3.63) is 10.6 Å². The minimum absolute atomic E-state index is 0.0918. The molecular formula is C12H18N4S. The number of rotatable bonds is 1. The van der Waals surface area contributed by atoms with E-state index in [1.165, 1.54) is 23.4 Å². The maximum Gasteiger partial charge on any atom is 0.212 e. The highest BCUT2D eigenvalue weighted by molar-refractivity contribution is 7.15. The van der Waals surface area contributed by atoms with Crippen LogP contribution in [0, 0.1) is 5.41 Å². The molecular weight excluding hydrogens is 232 g/mol. The summed E-state index contributed by atoms with van der Waals surface area (Å²) in [6.07, 6.45) is 2.49. The molecule has 0 unspecified atom stereocenters. The summed E-state index contributed by atoms with van der Waals surface area (Å²) in [4.78, 5) is 10.1. The fourth-order valence-corrected chi connectivity index (χ4v) is 4.90. The molecule has 0 spiro atoms. The molecule has 0 aromatic carbocycles. The summed E-state index contributed by atoms with van der Waals surface area (Å²) in [5, 5.41) is 0.712. The third kappa shape index (κ3) is 1.18. The number of fused-ring (bicyclic) bond motifs is 5. The predicted octanol–water partition coefficient (Wildman–Crippen LogP) is 2.22. The lowest BCUT2D eigenvalue weighted by molar-refractivity contribution is 0.227. The van der Waals surface area contributed by atoms with Crippen LogP contribution in [0.25, 0.3) is 0 Å². The van der Waals surface area contributed by atoms with Crippen LogP contribution in [0.5, 0.6) is 0 Å². The van der Waals surface area contributed by atoms with Crippen molar-refractivity contribution in [2.24, 2.45) is 21.9 Å². The summed E-state index contributed by atoms with van der Waals surface area (Å²) in [7, 11) is 0. The first-order chi connectivity index (χ1) is 7.86. The molecule has 1 fully saturated rings. The van der Waals surface area contributed by atoms with Crippen molar-refractivity contribution < 1.29 is 0 Å². The molecule has 2 aliphatic rings. The smallest absolute Gasteiger partial charge is 0.212 e. The fraction of sp³-hybridized carbons (Fsp3) is 0.667. The van der Waals surface area contributed by atoms with Crippen LogP contribution < -0.4 is 11.5 Å². The number of thiazole rings is 1. The van der Waals surface area contributed by atoms with E-state index in [1.54, 1.807) is 11.3 Å². The predicted molar refractivity (Wildman–Crippen MR) is 70.7 cm³/mol. The lowest BCUT2D eigenvalue weighted by atomic mass is 9.70. The highest BCUT2D eigenvalue weighted by atomic mass is 32.1. The number of hydrogen-bond acceptors (Lipinski definition) is 3. The van der Waals surface area contributed by atoms with Gasteiger partial charge in [-0.3, -0.25) is 0 Å². The molecule has 5 heteroatoms. The standard InChI is InChI=1S/C12H18N4S/c1-11(2)6-4-5-12(11,3)8-7(6)17-10(15-8)16-9(13)14/h6H,4-5H2,1-3H3,(H4,13,14,15,16)/t6-,12+/m1/s1.